The first-order chi connectivity index (χ1) is 8.48. The second kappa shape index (κ2) is 4.87. The van der Waals surface area contributed by atoms with Crippen molar-refractivity contribution in [2.24, 2.45) is 0 Å². The van der Waals surface area contributed by atoms with Gasteiger partial charge in [0.05, 0.1) is 18.2 Å². The summed E-state index contributed by atoms with van der Waals surface area (Å²) in [5, 5.41) is -1.91. The van der Waals surface area contributed by atoms with Crippen molar-refractivity contribution in [2.45, 2.75) is 12.4 Å². The number of hydrogen-bond acceptors (Lipinski definition) is 3. The number of pyridine rings is 1. The van der Waals surface area contributed by atoms with E-state index in [2.05, 4.69) is 9.72 Å². The van der Waals surface area contributed by atoms with Crippen LogP contribution in [0, 0.1) is 0 Å². The molecule has 0 atom stereocenters. The van der Waals surface area contributed by atoms with Crippen LogP contribution in [0.2, 0.25) is 0 Å². The zero-order valence-corrected chi connectivity index (χ0v) is 9.74. The molecule has 0 saturated carbocycles. The third-order valence-electron chi connectivity index (χ3n) is 1.98. The van der Waals surface area contributed by atoms with Crippen LogP contribution in [0.5, 0.6) is 5.88 Å². The van der Waals surface area contributed by atoms with Gasteiger partial charge in [0.2, 0.25) is 5.88 Å². The molecule has 0 spiro atoms. The zero-order valence-electron chi connectivity index (χ0n) is 8.99. The molecule has 0 aliphatic carbocycles. The Morgan fingerprint density at radius 2 is 1.74 bits per heavy atom. The van der Waals surface area contributed by atoms with E-state index in [0.29, 0.717) is 0 Å². The third kappa shape index (κ3) is 3.28. The zero-order chi connectivity index (χ0) is 15.0. The van der Waals surface area contributed by atoms with Crippen molar-refractivity contribution >= 4 is 16.8 Å². The molecule has 0 radical (unpaired) electrons. The quantitative estimate of drug-likeness (QED) is 0.620. The minimum atomic E-state index is -5.28. The predicted octanol–water partition coefficient (Wildman–Crippen LogP) is 3.51. The van der Waals surface area contributed by atoms with Crippen LogP contribution in [0.3, 0.4) is 0 Å². The molecule has 0 fully saturated rings. The molecule has 0 saturated heterocycles. The van der Waals surface area contributed by atoms with Crippen LogP contribution in [0.25, 0.3) is 0 Å². The number of halogens is 7. The van der Waals surface area contributed by atoms with Crippen molar-refractivity contribution in [3.05, 3.63) is 22.9 Å². The number of methoxy groups -OCH3 is 1. The molecule has 1 aromatic rings. The van der Waals surface area contributed by atoms with Gasteiger partial charge in [0.1, 0.15) is 0 Å². The van der Waals surface area contributed by atoms with E-state index >= 15 is 0 Å². The topological polar surface area (TPSA) is 39.2 Å². The van der Waals surface area contributed by atoms with Gasteiger partial charge >= 0.3 is 12.4 Å². The molecular formula is C9H4ClF6NO2. The average Bonchev–Trinajstić information content (AvgIpc) is 2.24. The third-order valence-corrected chi connectivity index (χ3v) is 2.16. The Balaban J connectivity index is 3.76. The maximum Gasteiger partial charge on any atom is 0.434 e. The molecular weight excluding hydrogens is 304 g/mol. The molecule has 1 rings (SSSR count). The second-order valence-corrected chi connectivity index (χ2v) is 3.55. The van der Waals surface area contributed by atoms with Crippen molar-refractivity contribution in [2.75, 3.05) is 7.11 Å². The number of nitrogens with zero attached hydrogens (tertiary/aromatic N) is 1. The van der Waals surface area contributed by atoms with Gasteiger partial charge in [-0.15, -0.1) is 0 Å². The molecule has 0 unspecified atom stereocenters. The van der Waals surface area contributed by atoms with Crippen molar-refractivity contribution < 1.29 is 35.9 Å². The van der Waals surface area contributed by atoms with Crippen molar-refractivity contribution in [1.29, 1.82) is 0 Å². The number of carbonyl (C=O) groups is 1. The summed E-state index contributed by atoms with van der Waals surface area (Å²) in [6.45, 7) is 0. The van der Waals surface area contributed by atoms with Gasteiger partial charge in [-0.2, -0.15) is 26.3 Å². The molecule has 0 N–H and O–H groups in total. The number of carbonyl (C=O) groups excluding carboxylic acids is 1. The fourth-order valence-corrected chi connectivity index (χ4v) is 1.45. The lowest BCUT2D eigenvalue weighted by molar-refractivity contribution is -0.146. The number of rotatable bonds is 2. The highest BCUT2D eigenvalue weighted by atomic mass is 35.5. The second-order valence-electron chi connectivity index (χ2n) is 3.21. The van der Waals surface area contributed by atoms with E-state index in [0.717, 1.165) is 7.11 Å². The Kier molecular flexibility index (Phi) is 3.99. The standard InChI is InChI=1S/C9H4ClF6NO2/c1-19-4-2-3(8(11,12)13)5(7(10)18)6(17-4)9(14,15)16/h2H,1H3. The van der Waals surface area contributed by atoms with E-state index in [1.54, 1.807) is 0 Å². The summed E-state index contributed by atoms with van der Waals surface area (Å²) in [5.74, 6) is -0.929. The summed E-state index contributed by atoms with van der Waals surface area (Å²) >= 11 is 4.80. The van der Waals surface area contributed by atoms with E-state index in [1.807, 2.05) is 0 Å². The van der Waals surface area contributed by atoms with Crippen LogP contribution >= 0.6 is 11.6 Å². The van der Waals surface area contributed by atoms with Crippen LogP contribution < -0.4 is 4.74 Å². The fraction of sp³-hybridized carbons (Fsp3) is 0.333. The number of hydrogen-bond donors (Lipinski definition) is 0. The summed E-state index contributed by atoms with van der Waals surface area (Å²) in [7, 11) is 0.838. The highest BCUT2D eigenvalue weighted by Crippen LogP contribution is 2.40. The Bertz CT molecular complexity index is 475. The lowest BCUT2D eigenvalue weighted by Gasteiger charge is -2.16. The van der Waals surface area contributed by atoms with Crippen LogP contribution in [0.15, 0.2) is 6.07 Å². The fourth-order valence-electron chi connectivity index (χ4n) is 1.25. The van der Waals surface area contributed by atoms with Gasteiger partial charge in [-0.3, -0.25) is 4.79 Å². The normalized spacial score (nSPS) is 12.4. The predicted molar refractivity (Wildman–Crippen MR) is 51.0 cm³/mol. The minimum Gasteiger partial charge on any atom is -0.481 e. The minimum absolute atomic E-state index is 0.171. The highest BCUT2D eigenvalue weighted by Gasteiger charge is 2.44. The molecule has 10 heteroatoms. The van der Waals surface area contributed by atoms with Crippen LogP contribution in [0.4, 0.5) is 26.3 Å². The summed E-state index contributed by atoms with van der Waals surface area (Å²) < 4.78 is 79.9. The van der Waals surface area contributed by atoms with Gasteiger partial charge in [0.15, 0.2) is 5.69 Å². The molecule has 0 aliphatic rings. The van der Waals surface area contributed by atoms with Crippen molar-refractivity contribution in [3.63, 3.8) is 0 Å². The monoisotopic (exact) mass is 307 g/mol. The molecule has 19 heavy (non-hydrogen) atoms. The SMILES string of the molecule is COc1cc(C(F)(F)F)c(C(=O)Cl)c(C(F)(F)F)n1. The average molecular weight is 308 g/mol. The molecule has 0 aliphatic heterocycles. The van der Waals surface area contributed by atoms with E-state index in [4.69, 9.17) is 11.6 Å². The van der Waals surface area contributed by atoms with E-state index in [-0.39, 0.29) is 6.07 Å². The maximum absolute atomic E-state index is 12.6. The van der Waals surface area contributed by atoms with Crippen molar-refractivity contribution in [1.82, 2.24) is 4.98 Å². The molecule has 1 heterocycles. The molecule has 3 nitrogen and oxygen atoms in total. The molecule has 1 aromatic heterocycles. The van der Waals surface area contributed by atoms with Gasteiger partial charge in [0.25, 0.3) is 5.24 Å². The van der Waals surface area contributed by atoms with Gasteiger partial charge in [-0.1, -0.05) is 0 Å². The highest BCUT2D eigenvalue weighted by molar-refractivity contribution is 6.68. The summed E-state index contributed by atoms with van der Waals surface area (Å²) in [6, 6.07) is 0.171. The van der Waals surface area contributed by atoms with Gasteiger partial charge in [-0.25, -0.2) is 4.98 Å². The van der Waals surface area contributed by atoms with Gasteiger partial charge in [-0.05, 0) is 11.6 Å². The molecule has 0 aromatic carbocycles. The van der Waals surface area contributed by atoms with Gasteiger partial charge in [0, 0.05) is 6.07 Å². The molecule has 0 amide bonds. The van der Waals surface area contributed by atoms with E-state index < -0.39 is 40.3 Å². The molecule has 106 valence electrons. The summed E-state index contributed by atoms with van der Waals surface area (Å²) in [6.07, 6.45) is -10.5. The Labute approximate surface area is 107 Å². The first-order valence-corrected chi connectivity index (χ1v) is 4.79. The Hall–Kier alpha value is -1.51. The van der Waals surface area contributed by atoms with Crippen LogP contribution in [-0.4, -0.2) is 17.3 Å². The van der Waals surface area contributed by atoms with Crippen LogP contribution in [-0.2, 0) is 12.4 Å². The van der Waals surface area contributed by atoms with E-state index in [1.165, 1.54) is 0 Å². The lowest BCUT2D eigenvalue weighted by Crippen LogP contribution is -2.20. The lowest BCUT2D eigenvalue weighted by atomic mass is 10.1. The van der Waals surface area contributed by atoms with Crippen LogP contribution in [0.1, 0.15) is 21.6 Å². The number of ether oxygens (including phenoxy) is 1. The smallest absolute Gasteiger partial charge is 0.434 e. The Morgan fingerprint density at radius 1 is 1.21 bits per heavy atom. The first-order valence-electron chi connectivity index (χ1n) is 4.41. The van der Waals surface area contributed by atoms with Crippen molar-refractivity contribution in [3.8, 4) is 5.88 Å². The van der Waals surface area contributed by atoms with Gasteiger partial charge < -0.3 is 4.74 Å². The summed E-state index contributed by atoms with van der Waals surface area (Å²) in [5.41, 5.74) is -5.65. The largest absolute Gasteiger partial charge is 0.481 e. The first kappa shape index (κ1) is 15.5. The Morgan fingerprint density at radius 3 is 2.05 bits per heavy atom. The number of alkyl halides is 6. The summed E-state index contributed by atoms with van der Waals surface area (Å²) in [4.78, 5) is 13.7. The van der Waals surface area contributed by atoms with E-state index in [9.17, 15) is 31.1 Å². The maximum atomic E-state index is 12.6. The molecule has 0 bridgehead atoms. The number of aromatic nitrogens is 1.